The van der Waals surface area contributed by atoms with Gasteiger partial charge in [0.25, 0.3) is 0 Å². The van der Waals surface area contributed by atoms with Gasteiger partial charge in [0.05, 0.1) is 19.4 Å². The standard InChI is InChI=1S/C14H16F4N2O/c15-9-6-10(16)14(18)12(13(9)17)8-5-11(19-7-8)20-1-3-21-4-2-20/h6,8,11,19H,1-5,7H2/t8-,11?/m0/s1. The molecule has 0 aromatic heterocycles. The topological polar surface area (TPSA) is 24.5 Å². The van der Waals surface area contributed by atoms with Crippen molar-refractivity contribution in [1.82, 2.24) is 10.2 Å². The van der Waals surface area contributed by atoms with E-state index >= 15 is 0 Å². The van der Waals surface area contributed by atoms with Crippen molar-refractivity contribution >= 4 is 0 Å². The lowest BCUT2D eigenvalue weighted by Gasteiger charge is -2.32. The molecule has 2 atom stereocenters. The number of ether oxygens (including phenoxy) is 1. The van der Waals surface area contributed by atoms with E-state index in [2.05, 4.69) is 10.2 Å². The molecule has 3 rings (SSSR count). The second-order valence-corrected chi connectivity index (χ2v) is 5.39. The van der Waals surface area contributed by atoms with Crippen LogP contribution in [0, 0.1) is 23.3 Å². The van der Waals surface area contributed by atoms with Crippen molar-refractivity contribution in [2.45, 2.75) is 18.5 Å². The first-order valence-corrected chi connectivity index (χ1v) is 6.96. The van der Waals surface area contributed by atoms with Crippen molar-refractivity contribution in [2.75, 3.05) is 32.8 Å². The van der Waals surface area contributed by atoms with E-state index in [1.54, 1.807) is 0 Å². The van der Waals surface area contributed by atoms with E-state index in [1.165, 1.54) is 0 Å². The third-order valence-electron chi connectivity index (χ3n) is 4.15. The molecule has 2 fully saturated rings. The maximum Gasteiger partial charge on any atom is 0.165 e. The van der Waals surface area contributed by atoms with Crippen molar-refractivity contribution in [2.24, 2.45) is 0 Å². The number of hydrogen-bond acceptors (Lipinski definition) is 3. The minimum atomic E-state index is -1.35. The van der Waals surface area contributed by atoms with Gasteiger partial charge in [-0.15, -0.1) is 0 Å². The molecule has 1 aromatic rings. The van der Waals surface area contributed by atoms with Gasteiger partial charge in [0.1, 0.15) is 0 Å². The molecular weight excluding hydrogens is 288 g/mol. The molecule has 0 radical (unpaired) electrons. The predicted octanol–water partition coefficient (Wildman–Crippen LogP) is 1.98. The summed E-state index contributed by atoms with van der Waals surface area (Å²) in [4.78, 5) is 2.12. The summed E-state index contributed by atoms with van der Waals surface area (Å²) in [6.07, 6.45) is 0.362. The second kappa shape index (κ2) is 5.90. The summed E-state index contributed by atoms with van der Waals surface area (Å²) < 4.78 is 59.5. The predicted molar refractivity (Wildman–Crippen MR) is 67.8 cm³/mol. The highest BCUT2D eigenvalue weighted by molar-refractivity contribution is 5.27. The molecule has 0 bridgehead atoms. The van der Waals surface area contributed by atoms with Crippen LogP contribution in [-0.2, 0) is 4.74 Å². The lowest BCUT2D eigenvalue weighted by atomic mass is 9.95. The second-order valence-electron chi connectivity index (χ2n) is 5.39. The monoisotopic (exact) mass is 304 g/mol. The van der Waals surface area contributed by atoms with Crippen molar-refractivity contribution in [3.05, 3.63) is 34.9 Å². The molecule has 0 amide bonds. The third kappa shape index (κ3) is 2.77. The average molecular weight is 304 g/mol. The number of rotatable bonds is 2. The van der Waals surface area contributed by atoms with Crippen LogP contribution in [0.1, 0.15) is 17.9 Å². The van der Waals surface area contributed by atoms with Gasteiger partial charge < -0.3 is 10.1 Å². The van der Waals surface area contributed by atoms with Gasteiger partial charge in [-0.1, -0.05) is 0 Å². The van der Waals surface area contributed by atoms with Crippen molar-refractivity contribution in [1.29, 1.82) is 0 Å². The molecule has 21 heavy (non-hydrogen) atoms. The lowest BCUT2D eigenvalue weighted by molar-refractivity contribution is 0.0131. The summed E-state index contributed by atoms with van der Waals surface area (Å²) in [5, 5.41) is 3.16. The maximum absolute atomic E-state index is 13.8. The molecule has 7 heteroatoms. The summed E-state index contributed by atoms with van der Waals surface area (Å²) in [7, 11) is 0. The molecule has 1 N–H and O–H groups in total. The molecule has 0 spiro atoms. The number of halogens is 4. The Kier molecular flexibility index (Phi) is 4.14. The highest BCUT2D eigenvalue weighted by atomic mass is 19.2. The fraction of sp³-hybridized carbons (Fsp3) is 0.571. The van der Waals surface area contributed by atoms with Crippen LogP contribution >= 0.6 is 0 Å². The van der Waals surface area contributed by atoms with Gasteiger partial charge in [0.2, 0.25) is 0 Å². The first-order chi connectivity index (χ1) is 10.1. The Morgan fingerprint density at radius 2 is 1.67 bits per heavy atom. The van der Waals surface area contributed by atoms with Gasteiger partial charge in [-0.3, -0.25) is 4.90 Å². The van der Waals surface area contributed by atoms with Gasteiger partial charge >= 0.3 is 0 Å². The molecule has 2 saturated heterocycles. The van der Waals surface area contributed by atoms with Crippen LogP contribution in [0.3, 0.4) is 0 Å². The normalized spacial score (nSPS) is 27.2. The Morgan fingerprint density at radius 3 is 2.29 bits per heavy atom. The highest BCUT2D eigenvalue weighted by Crippen LogP contribution is 2.33. The largest absolute Gasteiger partial charge is 0.379 e. The van der Waals surface area contributed by atoms with Crippen molar-refractivity contribution in [3.8, 4) is 0 Å². The molecule has 2 heterocycles. The van der Waals surface area contributed by atoms with Crippen LogP contribution in [0.15, 0.2) is 6.07 Å². The zero-order valence-corrected chi connectivity index (χ0v) is 11.3. The Hall–Kier alpha value is -1.18. The summed E-state index contributed by atoms with van der Waals surface area (Å²) in [6.45, 7) is 2.97. The molecule has 2 aliphatic heterocycles. The van der Waals surface area contributed by atoms with E-state index < -0.39 is 34.8 Å². The van der Waals surface area contributed by atoms with Gasteiger partial charge in [-0.25, -0.2) is 17.6 Å². The molecule has 3 nitrogen and oxygen atoms in total. The molecule has 116 valence electrons. The van der Waals surface area contributed by atoms with E-state index in [1.807, 2.05) is 0 Å². The zero-order chi connectivity index (χ0) is 15.0. The SMILES string of the molecule is Fc1cc(F)c(F)c([C@@H]2CNC(N3CCOCC3)C2)c1F. The van der Waals surface area contributed by atoms with Crippen LogP contribution in [-0.4, -0.2) is 43.9 Å². The Labute approximate surface area is 119 Å². The third-order valence-corrected chi connectivity index (χ3v) is 4.15. The minimum absolute atomic E-state index is 0.0518. The number of nitrogens with one attached hydrogen (secondary N) is 1. The van der Waals surface area contributed by atoms with Crippen molar-refractivity contribution < 1.29 is 22.3 Å². The van der Waals surface area contributed by atoms with Gasteiger partial charge in [0, 0.05) is 37.2 Å². The van der Waals surface area contributed by atoms with E-state index in [4.69, 9.17) is 4.74 Å². The van der Waals surface area contributed by atoms with Crippen LogP contribution < -0.4 is 5.32 Å². The van der Waals surface area contributed by atoms with E-state index in [-0.39, 0.29) is 12.2 Å². The molecular formula is C14H16F4N2O. The first kappa shape index (κ1) is 14.7. The summed E-state index contributed by atoms with van der Waals surface area (Å²) >= 11 is 0. The minimum Gasteiger partial charge on any atom is -0.379 e. The van der Waals surface area contributed by atoms with Crippen LogP contribution in [0.4, 0.5) is 17.6 Å². The summed E-state index contributed by atoms with van der Waals surface area (Å²) in [5.41, 5.74) is -0.490. The molecule has 1 aromatic carbocycles. The molecule has 0 aliphatic carbocycles. The number of morpholine rings is 1. The molecule has 0 saturated carbocycles. The quantitative estimate of drug-likeness (QED) is 0.668. The smallest absolute Gasteiger partial charge is 0.165 e. The van der Waals surface area contributed by atoms with Crippen molar-refractivity contribution in [3.63, 3.8) is 0 Å². The maximum atomic E-state index is 13.8. The highest BCUT2D eigenvalue weighted by Gasteiger charge is 2.35. The molecule has 2 aliphatic rings. The van der Waals surface area contributed by atoms with Crippen LogP contribution in [0.25, 0.3) is 0 Å². The first-order valence-electron chi connectivity index (χ1n) is 6.96. The van der Waals surface area contributed by atoms with Crippen LogP contribution in [0.2, 0.25) is 0 Å². The van der Waals surface area contributed by atoms with Gasteiger partial charge in [-0.2, -0.15) is 0 Å². The number of nitrogens with zero attached hydrogens (tertiary/aromatic N) is 1. The average Bonchev–Trinajstić information content (AvgIpc) is 2.96. The van der Waals surface area contributed by atoms with E-state index in [0.717, 1.165) is 13.1 Å². The van der Waals surface area contributed by atoms with Gasteiger partial charge in [-0.05, 0) is 6.42 Å². The molecule has 1 unspecified atom stereocenters. The lowest BCUT2D eigenvalue weighted by Crippen LogP contribution is -2.47. The fourth-order valence-corrected chi connectivity index (χ4v) is 3.05. The van der Waals surface area contributed by atoms with Gasteiger partial charge in [0.15, 0.2) is 23.3 Å². The Morgan fingerprint density at radius 1 is 1.05 bits per heavy atom. The van der Waals surface area contributed by atoms with E-state index in [9.17, 15) is 17.6 Å². The van der Waals surface area contributed by atoms with Crippen LogP contribution in [0.5, 0.6) is 0 Å². The summed E-state index contributed by atoms with van der Waals surface area (Å²) in [5.74, 6) is -5.85. The fourth-order valence-electron chi connectivity index (χ4n) is 3.05. The summed E-state index contributed by atoms with van der Waals surface area (Å²) in [6, 6.07) is 0.246. The Bertz CT molecular complexity index is 508. The van der Waals surface area contributed by atoms with E-state index in [0.29, 0.717) is 26.2 Å². The zero-order valence-electron chi connectivity index (χ0n) is 11.3. The Balaban J connectivity index is 1.80. The number of benzene rings is 1. The number of hydrogen-bond donors (Lipinski definition) is 1.